The summed E-state index contributed by atoms with van der Waals surface area (Å²) in [6, 6.07) is 37.3. The molecule has 0 spiro atoms. The fourth-order valence-corrected chi connectivity index (χ4v) is 7.02. The number of aromatic nitrogens is 4. The van der Waals surface area contributed by atoms with Crippen molar-refractivity contribution in [3.8, 4) is 34.2 Å². The fourth-order valence-electron chi connectivity index (χ4n) is 5.89. The Kier molecular flexibility index (Phi) is 5.00. The number of hydrogen-bond donors (Lipinski definition) is 0. The number of fused-ring (bicyclic) bond motifs is 7. The van der Waals surface area contributed by atoms with Crippen LogP contribution < -0.4 is 0 Å². The molecule has 0 fully saturated rings. The summed E-state index contributed by atoms with van der Waals surface area (Å²) in [7, 11) is 0. The van der Waals surface area contributed by atoms with Crippen molar-refractivity contribution >= 4 is 64.2 Å². The van der Waals surface area contributed by atoms with Gasteiger partial charge in [-0.15, -0.1) is 11.3 Å². The first-order chi connectivity index (χ1) is 20.8. The summed E-state index contributed by atoms with van der Waals surface area (Å²) >= 11 is 1.79. The molecule has 42 heavy (non-hydrogen) atoms. The molecule has 0 amide bonds. The van der Waals surface area contributed by atoms with E-state index in [1.54, 1.807) is 17.5 Å². The maximum Gasteiger partial charge on any atom is 0.164 e. The van der Waals surface area contributed by atoms with Gasteiger partial charge in [-0.3, -0.25) is 4.98 Å². The summed E-state index contributed by atoms with van der Waals surface area (Å²) < 4.78 is 8.81. The largest absolute Gasteiger partial charge is 0.456 e. The molecule has 9 rings (SSSR count). The van der Waals surface area contributed by atoms with E-state index in [0.717, 1.165) is 49.4 Å². The topological polar surface area (TPSA) is 64.7 Å². The summed E-state index contributed by atoms with van der Waals surface area (Å²) in [6.45, 7) is 0. The van der Waals surface area contributed by atoms with Gasteiger partial charge in [-0.05, 0) is 41.8 Å². The number of thiophene rings is 1. The molecule has 9 aromatic rings. The third-order valence-electron chi connectivity index (χ3n) is 7.81. The summed E-state index contributed by atoms with van der Waals surface area (Å²) in [5.41, 5.74) is 4.44. The molecule has 5 nitrogen and oxygen atoms in total. The van der Waals surface area contributed by atoms with Crippen LogP contribution in [0.5, 0.6) is 0 Å². The van der Waals surface area contributed by atoms with E-state index >= 15 is 0 Å². The van der Waals surface area contributed by atoms with Crippen LogP contribution in [0.1, 0.15) is 0 Å². The molecule has 0 unspecified atom stereocenters. The molecule has 0 atom stereocenters. The second-order valence-electron chi connectivity index (χ2n) is 10.3. The predicted molar refractivity (Wildman–Crippen MR) is 172 cm³/mol. The van der Waals surface area contributed by atoms with E-state index in [-0.39, 0.29) is 0 Å². The number of benzene rings is 5. The van der Waals surface area contributed by atoms with E-state index in [1.807, 2.05) is 54.7 Å². The first-order valence-corrected chi connectivity index (χ1v) is 14.5. The number of hydrogen-bond acceptors (Lipinski definition) is 6. The molecule has 0 bridgehead atoms. The third-order valence-corrected chi connectivity index (χ3v) is 8.94. The van der Waals surface area contributed by atoms with Crippen molar-refractivity contribution < 1.29 is 4.42 Å². The zero-order valence-corrected chi connectivity index (χ0v) is 23.0. The molecule has 0 saturated carbocycles. The van der Waals surface area contributed by atoms with E-state index in [4.69, 9.17) is 19.4 Å². The van der Waals surface area contributed by atoms with Crippen molar-refractivity contribution in [2.75, 3.05) is 0 Å². The van der Waals surface area contributed by atoms with Crippen LogP contribution in [0.2, 0.25) is 0 Å². The van der Waals surface area contributed by atoms with Crippen molar-refractivity contribution in [2.24, 2.45) is 0 Å². The van der Waals surface area contributed by atoms with Gasteiger partial charge in [0.1, 0.15) is 11.2 Å². The molecule has 0 aliphatic heterocycles. The van der Waals surface area contributed by atoms with Crippen molar-refractivity contribution in [3.05, 3.63) is 122 Å². The Balaban J connectivity index is 1.36. The van der Waals surface area contributed by atoms with Crippen LogP contribution >= 0.6 is 11.3 Å². The van der Waals surface area contributed by atoms with Crippen LogP contribution in [0.3, 0.4) is 0 Å². The van der Waals surface area contributed by atoms with E-state index in [1.165, 1.54) is 20.2 Å². The average Bonchev–Trinajstić information content (AvgIpc) is 3.61. The highest BCUT2D eigenvalue weighted by Crippen LogP contribution is 2.41. The van der Waals surface area contributed by atoms with Gasteiger partial charge in [-0.2, -0.15) is 0 Å². The zero-order valence-electron chi connectivity index (χ0n) is 22.2. The lowest BCUT2D eigenvalue weighted by Crippen LogP contribution is -2.00. The lowest BCUT2D eigenvalue weighted by molar-refractivity contribution is 0.669. The molecular formula is C36H20N4OS. The Morgan fingerprint density at radius 2 is 1.26 bits per heavy atom. The van der Waals surface area contributed by atoms with Gasteiger partial charge < -0.3 is 4.42 Å². The molecule has 4 aromatic heterocycles. The third kappa shape index (κ3) is 3.56. The van der Waals surface area contributed by atoms with E-state index in [9.17, 15) is 0 Å². The summed E-state index contributed by atoms with van der Waals surface area (Å²) in [5.74, 6) is 1.88. The highest BCUT2D eigenvalue weighted by atomic mass is 32.1. The fraction of sp³-hybridized carbons (Fsp3) is 0. The SMILES string of the molecule is c1ccc(-c2nc(-c3cccc4oc5cc6ccncc6cc5c34)nc(-c3cccc4sc5ccccc5c34)n2)cc1. The van der Waals surface area contributed by atoms with Crippen LogP contribution in [-0.4, -0.2) is 19.9 Å². The number of pyridine rings is 1. The molecular weight excluding hydrogens is 536 g/mol. The van der Waals surface area contributed by atoms with Gasteiger partial charge in [0.15, 0.2) is 17.5 Å². The lowest BCUT2D eigenvalue weighted by Gasteiger charge is -2.10. The molecule has 4 heterocycles. The minimum absolute atomic E-state index is 0.606. The van der Waals surface area contributed by atoms with Gasteiger partial charge >= 0.3 is 0 Å². The van der Waals surface area contributed by atoms with E-state index < -0.39 is 0 Å². The van der Waals surface area contributed by atoms with Crippen LogP contribution in [0.15, 0.2) is 126 Å². The zero-order chi connectivity index (χ0) is 27.6. The molecule has 0 aliphatic carbocycles. The highest BCUT2D eigenvalue weighted by Gasteiger charge is 2.20. The van der Waals surface area contributed by atoms with E-state index in [2.05, 4.69) is 65.6 Å². The monoisotopic (exact) mass is 556 g/mol. The maximum atomic E-state index is 6.36. The number of furan rings is 1. The standard InChI is InChI=1S/C36H20N4OS/c1-2-8-21(9-3-1)34-38-35(40-36(39-34)26-12-7-15-31-33(26)24-10-4-5-14-30(24)42-31)25-11-6-13-28-32(25)27-18-23-20-37-17-16-22(23)19-29(27)41-28/h1-20H. The molecule has 6 heteroatoms. The van der Waals surface area contributed by atoms with Crippen LogP contribution in [-0.2, 0) is 0 Å². The van der Waals surface area contributed by atoms with Crippen molar-refractivity contribution in [2.45, 2.75) is 0 Å². The molecule has 196 valence electrons. The Morgan fingerprint density at radius 3 is 2.14 bits per heavy atom. The van der Waals surface area contributed by atoms with Gasteiger partial charge in [0, 0.05) is 65.4 Å². The normalized spacial score (nSPS) is 11.8. The van der Waals surface area contributed by atoms with Crippen LogP contribution in [0.4, 0.5) is 0 Å². The highest BCUT2D eigenvalue weighted by molar-refractivity contribution is 7.25. The Labute approximate surface area is 243 Å². The quantitative estimate of drug-likeness (QED) is 0.217. The second-order valence-corrected chi connectivity index (χ2v) is 11.4. The minimum atomic E-state index is 0.606. The smallest absolute Gasteiger partial charge is 0.164 e. The summed E-state index contributed by atoms with van der Waals surface area (Å²) in [4.78, 5) is 19.6. The minimum Gasteiger partial charge on any atom is -0.456 e. The Hall–Kier alpha value is -5.46. The van der Waals surface area contributed by atoms with Gasteiger partial charge in [-0.25, -0.2) is 15.0 Å². The maximum absolute atomic E-state index is 6.36. The van der Waals surface area contributed by atoms with Gasteiger partial charge in [0.2, 0.25) is 0 Å². The predicted octanol–water partition coefficient (Wildman–Crippen LogP) is 9.69. The Bertz CT molecular complexity index is 2480. The second kappa shape index (κ2) is 9.03. The molecule has 0 N–H and O–H groups in total. The van der Waals surface area contributed by atoms with Crippen molar-refractivity contribution in [3.63, 3.8) is 0 Å². The summed E-state index contributed by atoms with van der Waals surface area (Å²) in [6.07, 6.45) is 3.69. The first-order valence-electron chi connectivity index (χ1n) is 13.7. The summed E-state index contributed by atoms with van der Waals surface area (Å²) in [5, 5.41) is 6.51. The van der Waals surface area contributed by atoms with Gasteiger partial charge in [0.25, 0.3) is 0 Å². The molecule has 0 saturated heterocycles. The molecule has 5 aromatic carbocycles. The number of nitrogens with zero attached hydrogens (tertiary/aromatic N) is 4. The van der Waals surface area contributed by atoms with Crippen LogP contribution in [0.25, 0.3) is 87.0 Å². The molecule has 0 radical (unpaired) electrons. The van der Waals surface area contributed by atoms with Gasteiger partial charge in [-0.1, -0.05) is 72.8 Å². The molecule has 0 aliphatic rings. The van der Waals surface area contributed by atoms with Crippen molar-refractivity contribution in [1.82, 2.24) is 19.9 Å². The van der Waals surface area contributed by atoms with E-state index in [0.29, 0.717) is 17.5 Å². The van der Waals surface area contributed by atoms with Gasteiger partial charge in [0.05, 0.1) is 0 Å². The lowest BCUT2D eigenvalue weighted by atomic mass is 10.0. The van der Waals surface area contributed by atoms with Crippen LogP contribution in [0, 0.1) is 0 Å². The number of rotatable bonds is 3. The van der Waals surface area contributed by atoms with Crippen molar-refractivity contribution in [1.29, 1.82) is 0 Å². The Morgan fingerprint density at radius 1 is 0.524 bits per heavy atom. The first kappa shape index (κ1) is 23.3. The average molecular weight is 557 g/mol.